The van der Waals surface area contributed by atoms with E-state index in [-0.39, 0.29) is 29.9 Å². The summed E-state index contributed by atoms with van der Waals surface area (Å²) in [6.45, 7) is 7.76. The first-order valence-electron chi connectivity index (χ1n) is 12.4. The van der Waals surface area contributed by atoms with Gasteiger partial charge in [-0.25, -0.2) is 4.79 Å². The summed E-state index contributed by atoms with van der Waals surface area (Å²) in [5, 5.41) is 0. The minimum Gasteiger partial charge on any atom is -0.454 e. The first kappa shape index (κ1) is 23.5. The van der Waals surface area contributed by atoms with Gasteiger partial charge in [-0.05, 0) is 37.5 Å². The zero-order chi connectivity index (χ0) is 24.5. The molecule has 0 aliphatic carbocycles. The van der Waals surface area contributed by atoms with Crippen molar-refractivity contribution in [1.82, 2.24) is 18.9 Å². The van der Waals surface area contributed by atoms with Crippen LogP contribution < -0.4 is 25.6 Å². The Kier molecular flexibility index (Phi) is 6.55. The van der Waals surface area contributed by atoms with Crippen LogP contribution in [0.5, 0.6) is 11.5 Å². The van der Waals surface area contributed by atoms with Crippen molar-refractivity contribution < 1.29 is 14.3 Å². The Bertz CT molecular complexity index is 1210. The number of fused-ring (bicyclic) bond motifs is 1. The molecule has 2 aromatic rings. The number of rotatable bonds is 5. The fraction of sp³-hybridized carbons (Fsp3) is 0.560. The molecule has 10 heteroatoms. The van der Waals surface area contributed by atoms with Gasteiger partial charge in [0.1, 0.15) is 5.82 Å². The first-order valence-corrected chi connectivity index (χ1v) is 12.4. The lowest BCUT2D eigenvalue weighted by Gasteiger charge is -2.40. The lowest BCUT2D eigenvalue weighted by atomic mass is 9.96. The quantitative estimate of drug-likeness (QED) is 0.623. The van der Waals surface area contributed by atoms with Gasteiger partial charge in [0, 0.05) is 65.5 Å². The molecule has 35 heavy (non-hydrogen) atoms. The molecular formula is C25H33N5O5. The summed E-state index contributed by atoms with van der Waals surface area (Å²) in [5.74, 6) is 2.24. The zero-order valence-corrected chi connectivity index (χ0v) is 20.4. The van der Waals surface area contributed by atoms with Gasteiger partial charge < -0.3 is 19.3 Å². The molecule has 1 amide bonds. The molecule has 0 N–H and O–H groups in total. The molecule has 3 aliphatic heterocycles. The smallest absolute Gasteiger partial charge is 0.332 e. The molecule has 5 rings (SSSR count). The molecule has 2 fully saturated rings. The van der Waals surface area contributed by atoms with Gasteiger partial charge in [0.15, 0.2) is 11.5 Å². The predicted molar refractivity (Wildman–Crippen MR) is 131 cm³/mol. The van der Waals surface area contributed by atoms with E-state index in [4.69, 9.17) is 9.47 Å². The molecule has 1 aromatic carbocycles. The van der Waals surface area contributed by atoms with Crippen molar-refractivity contribution in [3.8, 4) is 11.5 Å². The number of piperazine rings is 1. The van der Waals surface area contributed by atoms with Crippen LogP contribution in [0.15, 0.2) is 33.9 Å². The van der Waals surface area contributed by atoms with Crippen LogP contribution in [-0.2, 0) is 24.9 Å². The number of ether oxygens (including phenoxy) is 2. The van der Waals surface area contributed by atoms with E-state index in [9.17, 15) is 14.4 Å². The largest absolute Gasteiger partial charge is 0.454 e. The summed E-state index contributed by atoms with van der Waals surface area (Å²) in [4.78, 5) is 44.6. The van der Waals surface area contributed by atoms with Crippen molar-refractivity contribution in [2.24, 2.45) is 13.0 Å². The molecule has 4 heterocycles. The normalized spacial score (nSPS) is 20.3. The Labute approximate surface area is 204 Å². The average Bonchev–Trinajstić information content (AvgIpc) is 3.35. The van der Waals surface area contributed by atoms with Gasteiger partial charge >= 0.3 is 5.69 Å². The molecule has 0 spiro atoms. The van der Waals surface area contributed by atoms with Gasteiger partial charge in [-0.15, -0.1) is 0 Å². The SMILES string of the molecule is CCn1c(N2CCCC(C(=O)N3CCN(Cc4ccc5c(c4)OCO5)CC3)C2)cc(=O)n(C)c1=O. The van der Waals surface area contributed by atoms with Crippen LogP contribution in [0.4, 0.5) is 5.82 Å². The molecule has 1 aromatic heterocycles. The summed E-state index contributed by atoms with van der Waals surface area (Å²) in [6, 6.07) is 7.57. The number of aromatic nitrogens is 2. The Morgan fingerprint density at radius 2 is 1.80 bits per heavy atom. The van der Waals surface area contributed by atoms with Crippen molar-refractivity contribution in [3.05, 3.63) is 50.7 Å². The maximum atomic E-state index is 13.4. The van der Waals surface area contributed by atoms with E-state index in [0.717, 1.165) is 55.1 Å². The molecule has 0 saturated carbocycles. The van der Waals surface area contributed by atoms with Gasteiger partial charge in [0.25, 0.3) is 5.56 Å². The zero-order valence-electron chi connectivity index (χ0n) is 20.4. The van der Waals surface area contributed by atoms with Crippen LogP contribution in [-0.4, -0.2) is 70.9 Å². The van der Waals surface area contributed by atoms with E-state index in [0.29, 0.717) is 32.0 Å². The van der Waals surface area contributed by atoms with Gasteiger partial charge in [-0.2, -0.15) is 0 Å². The van der Waals surface area contributed by atoms with E-state index in [1.165, 1.54) is 18.7 Å². The highest BCUT2D eigenvalue weighted by Gasteiger charge is 2.32. The summed E-state index contributed by atoms with van der Waals surface area (Å²) in [6.07, 6.45) is 1.68. The molecule has 1 unspecified atom stereocenters. The van der Waals surface area contributed by atoms with Gasteiger partial charge in [-0.3, -0.25) is 23.6 Å². The fourth-order valence-corrected chi connectivity index (χ4v) is 5.29. The minimum atomic E-state index is -0.318. The second-order valence-electron chi connectivity index (χ2n) is 9.50. The monoisotopic (exact) mass is 483 g/mol. The van der Waals surface area contributed by atoms with Crippen LogP contribution in [0.25, 0.3) is 0 Å². The fourth-order valence-electron chi connectivity index (χ4n) is 5.29. The van der Waals surface area contributed by atoms with Crippen LogP contribution in [0, 0.1) is 5.92 Å². The van der Waals surface area contributed by atoms with E-state index < -0.39 is 0 Å². The molecule has 0 radical (unpaired) electrons. The Balaban J connectivity index is 1.20. The summed E-state index contributed by atoms with van der Waals surface area (Å²) in [7, 11) is 1.50. The Hall–Kier alpha value is -3.27. The number of anilines is 1. The van der Waals surface area contributed by atoms with Gasteiger partial charge in [0.2, 0.25) is 12.7 Å². The molecular weight excluding hydrogens is 450 g/mol. The standard InChI is InChI=1S/C25H33N5O5/c1-3-30-22(14-23(31)26(2)25(30)33)29-8-4-5-19(16-29)24(32)28-11-9-27(10-12-28)15-18-6-7-20-21(13-18)35-17-34-20/h6-7,13-14,19H,3-5,8-12,15-17H2,1-2H3. The minimum absolute atomic E-state index is 0.131. The number of hydrogen-bond donors (Lipinski definition) is 0. The lowest BCUT2D eigenvalue weighted by Crippen LogP contribution is -2.53. The second kappa shape index (κ2) is 9.77. The summed E-state index contributed by atoms with van der Waals surface area (Å²) >= 11 is 0. The van der Waals surface area contributed by atoms with Gasteiger partial charge in [-0.1, -0.05) is 6.07 Å². The van der Waals surface area contributed by atoms with Crippen LogP contribution in [0.1, 0.15) is 25.3 Å². The highest BCUT2D eigenvalue weighted by Crippen LogP contribution is 2.33. The number of carbonyl (C=O) groups is 1. The van der Waals surface area contributed by atoms with Crippen molar-refractivity contribution in [2.75, 3.05) is 51.0 Å². The lowest BCUT2D eigenvalue weighted by molar-refractivity contribution is -0.137. The number of nitrogens with zero attached hydrogens (tertiary/aromatic N) is 5. The number of carbonyl (C=O) groups excluding carboxylic acids is 1. The summed E-state index contributed by atoms with van der Waals surface area (Å²) in [5.41, 5.74) is 0.539. The van der Waals surface area contributed by atoms with Crippen molar-refractivity contribution in [1.29, 1.82) is 0 Å². The van der Waals surface area contributed by atoms with Crippen LogP contribution in [0.2, 0.25) is 0 Å². The maximum Gasteiger partial charge on any atom is 0.332 e. The second-order valence-corrected chi connectivity index (χ2v) is 9.50. The maximum absolute atomic E-state index is 13.4. The number of benzene rings is 1. The van der Waals surface area contributed by atoms with E-state index in [1.807, 2.05) is 28.9 Å². The molecule has 10 nitrogen and oxygen atoms in total. The third kappa shape index (κ3) is 4.67. The number of hydrogen-bond acceptors (Lipinski definition) is 7. The van der Waals surface area contributed by atoms with E-state index >= 15 is 0 Å². The van der Waals surface area contributed by atoms with E-state index in [1.54, 1.807) is 4.57 Å². The number of piperidine rings is 1. The Morgan fingerprint density at radius 3 is 2.57 bits per heavy atom. The predicted octanol–water partition coefficient (Wildman–Crippen LogP) is 0.856. The molecule has 1 atom stereocenters. The highest BCUT2D eigenvalue weighted by atomic mass is 16.7. The highest BCUT2D eigenvalue weighted by molar-refractivity contribution is 5.80. The molecule has 188 valence electrons. The molecule has 3 aliphatic rings. The van der Waals surface area contributed by atoms with Crippen LogP contribution in [0.3, 0.4) is 0 Å². The third-order valence-electron chi connectivity index (χ3n) is 7.32. The topological polar surface area (TPSA) is 89.2 Å². The average molecular weight is 484 g/mol. The van der Waals surface area contributed by atoms with Crippen molar-refractivity contribution in [3.63, 3.8) is 0 Å². The van der Waals surface area contributed by atoms with Crippen molar-refractivity contribution in [2.45, 2.75) is 32.9 Å². The molecule has 0 bridgehead atoms. The summed E-state index contributed by atoms with van der Waals surface area (Å²) < 4.78 is 13.6. The van der Waals surface area contributed by atoms with Crippen molar-refractivity contribution >= 4 is 11.7 Å². The number of amides is 1. The first-order chi connectivity index (χ1) is 16.9. The molecule has 2 saturated heterocycles. The van der Waals surface area contributed by atoms with E-state index in [2.05, 4.69) is 11.0 Å². The van der Waals surface area contributed by atoms with Crippen LogP contribution >= 0.6 is 0 Å². The van der Waals surface area contributed by atoms with Gasteiger partial charge in [0.05, 0.1) is 5.92 Å². The third-order valence-corrected chi connectivity index (χ3v) is 7.32. The Morgan fingerprint density at radius 1 is 1.03 bits per heavy atom.